The molecule has 0 saturated carbocycles. The van der Waals surface area contributed by atoms with Crippen molar-refractivity contribution in [3.63, 3.8) is 0 Å². The van der Waals surface area contributed by atoms with E-state index in [1.54, 1.807) is 4.90 Å². The lowest BCUT2D eigenvalue weighted by Crippen LogP contribution is -2.45. The average Bonchev–Trinajstić information content (AvgIpc) is 2.59. The lowest BCUT2D eigenvalue weighted by atomic mass is 9.93. The number of rotatable bonds is 6. The predicted molar refractivity (Wildman–Crippen MR) is 94.2 cm³/mol. The monoisotopic (exact) mass is 318 g/mol. The van der Waals surface area contributed by atoms with Crippen molar-refractivity contribution in [3.05, 3.63) is 24.5 Å². The zero-order valence-electron chi connectivity index (χ0n) is 14.6. The van der Waals surface area contributed by atoms with Crippen molar-refractivity contribution in [3.8, 4) is 0 Å². The van der Waals surface area contributed by atoms with Crippen molar-refractivity contribution in [1.29, 1.82) is 0 Å². The van der Waals surface area contributed by atoms with Gasteiger partial charge in [0.2, 0.25) is 5.91 Å². The van der Waals surface area contributed by atoms with E-state index in [4.69, 9.17) is 5.73 Å². The van der Waals surface area contributed by atoms with Crippen LogP contribution in [0.3, 0.4) is 0 Å². The number of amides is 1. The predicted octanol–water partition coefficient (Wildman–Crippen LogP) is 2.13. The number of anilines is 1. The summed E-state index contributed by atoms with van der Waals surface area (Å²) in [6, 6.07) is 3.76. The molecule has 1 aromatic rings. The molecule has 1 atom stereocenters. The fourth-order valence-corrected chi connectivity index (χ4v) is 3.06. The Morgan fingerprint density at radius 2 is 1.96 bits per heavy atom. The van der Waals surface area contributed by atoms with Gasteiger partial charge in [0.25, 0.3) is 0 Å². The number of likely N-dealkylation sites (N-methyl/N-ethyl adjacent to an activating group) is 1. The molecule has 1 fully saturated rings. The Kier molecular flexibility index (Phi) is 6.39. The highest BCUT2D eigenvalue weighted by molar-refractivity contribution is 5.81. The van der Waals surface area contributed by atoms with Gasteiger partial charge in [0.1, 0.15) is 0 Å². The van der Waals surface area contributed by atoms with Gasteiger partial charge in [-0.15, -0.1) is 0 Å². The Morgan fingerprint density at radius 3 is 2.52 bits per heavy atom. The van der Waals surface area contributed by atoms with Crippen LogP contribution in [0.4, 0.5) is 5.69 Å². The molecule has 128 valence electrons. The molecule has 0 aliphatic carbocycles. The summed E-state index contributed by atoms with van der Waals surface area (Å²) >= 11 is 0. The van der Waals surface area contributed by atoms with Gasteiger partial charge in [-0.25, -0.2) is 0 Å². The van der Waals surface area contributed by atoms with Crippen LogP contribution in [0.1, 0.15) is 33.1 Å². The van der Waals surface area contributed by atoms with E-state index in [9.17, 15) is 4.79 Å². The molecule has 0 aromatic carbocycles. The second-order valence-electron chi connectivity index (χ2n) is 6.95. The molecule has 23 heavy (non-hydrogen) atoms. The number of nitrogens with two attached hydrogens (primary N) is 1. The lowest BCUT2D eigenvalue weighted by molar-refractivity contribution is -0.132. The number of hydrogen-bond donors (Lipinski definition) is 1. The first-order valence-corrected chi connectivity index (χ1v) is 8.64. The number of carbonyl (C=O) groups is 1. The summed E-state index contributed by atoms with van der Waals surface area (Å²) in [6.45, 7) is 6.95. The number of carbonyl (C=O) groups excluding carboxylic acids is 1. The second-order valence-corrected chi connectivity index (χ2v) is 6.95. The van der Waals surface area contributed by atoms with Gasteiger partial charge in [-0.2, -0.15) is 0 Å². The summed E-state index contributed by atoms with van der Waals surface area (Å²) in [4.78, 5) is 20.5. The molecule has 1 aliphatic heterocycles. The molecule has 0 unspecified atom stereocenters. The Bertz CT molecular complexity index is 483. The smallest absolute Gasteiger partial charge is 0.239 e. The van der Waals surface area contributed by atoms with Gasteiger partial charge >= 0.3 is 0 Å². The fourth-order valence-electron chi connectivity index (χ4n) is 3.06. The van der Waals surface area contributed by atoms with Crippen LogP contribution in [0.15, 0.2) is 24.5 Å². The van der Waals surface area contributed by atoms with Gasteiger partial charge in [-0.05, 0) is 43.2 Å². The molecule has 0 bridgehead atoms. The van der Waals surface area contributed by atoms with Crippen LogP contribution in [0.5, 0.6) is 0 Å². The molecule has 2 N–H and O–H groups in total. The van der Waals surface area contributed by atoms with E-state index in [-0.39, 0.29) is 17.9 Å². The maximum absolute atomic E-state index is 12.2. The zero-order valence-corrected chi connectivity index (χ0v) is 14.6. The van der Waals surface area contributed by atoms with E-state index in [0.717, 1.165) is 26.1 Å². The zero-order chi connectivity index (χ0) is 16.8. The van der Waals surface area contributed by atoms with Crippen LogP contribution < -0.4 is 10.6 Å². The molecular formula is C18H30N4O. The normalized spacial score (nSPS) is 17.3. The molecule has 5 heteroatoms. The Hall–Kier alpha value is -1.62. The standard InChI is InChI=1S/C18H30N4O/c1-14(2)17(19)18(23)21(3)11-6-15-7-12-22(13-8-15)16-4-9-20-10-5-16/h4-5,9-10,14-15,17H,6-8,11-13,19H2,1-3H3/t17-/m0/s1. The van der Waals surface area contributed by atoms with Gasteiger partial charge in [-0.3, -0.25) is 9.78 Å². The van der Waals surface area contributed by atoms with E-state index in [1.807, 2.05) is 33.3 Å². The lowest BCUT2D eigenvalue weighted by Gasteiger charge is -2.34. The van der Waals surface area contributed by atoms with Crippen molar-refractivity contribution in [1.82, 2.24) is 9.88 Å². The van der Waals surface area contributed by atoms with Gasteiger partial charge in [0.15, 0.2) is 0 Å². The number of aromatic nitrogens is 1. The molecule has 1 aliphatic rings. The molecule has 5 nitrogen and oxygen atoms in total. The van der Waals surface area contributed by atoms with E-state index >= 15 is 0 Å². The Labute approximate surface area is 139 Å². The van der Waals surface area contributed by atoms with E-state index in [0.29, 0.717) is 5.92 Å². The van der Waals surface area contributed by atoms with Crippen LogP contribution in [0.25, 0.3) is 0 Å². The van der Waals surface area contributed by atoms with E-state index in [2.05, 4.69) is 22.0 Å². The molecular weight excluding hydrogens is 288 g/mol. The first kappa shape index (κ1) is 17.7. The Morgan fingerprint density at radius 1 is 1.35 bits per heavy atom. The second kappa shape index (κ2) is 8.29. The quantitative estimate of drug-likeness (QED) is 0.873. The SMILES string of the molecule is CC(C)[C@H](N)C(=O)N(C)CCC1CCN(c2ccncc2)CC1. The largest absolute Gasteiger partial charge is 0.371 e. The maximum Gasteiger partial charge on any atom is 0.239 e. The summed E-state index contributed by atoms with van der Waals surface area (Å²) in [5.41, 5.74) is 7.21. The number of nitrogens with zero attached hydrogens (tertiary/aromatic N) is 3. The first-order chi connectivity index (χ1) is 11.0. The average molecular weight is 318 g/mol. The third-order valence-corrected chi connectivity index (χ3v) is 4.89. The molecule has 2 rings (SSSR count). The van der Waals surface area contributed by atoms with E-state index < -0.39 is 0 Å². The molecule has 0 spiro atoms. The van der Waals surface area contributed by atoms with Crippen LogP contribution in [0, 0.1) is 11.8 Å². The van der Waals surface area contributed by atoms with Gasteiger partial charge < -0.3 is 15.5 Å². The molecule has 1 saturated heterocycles. The highest BCUT2D eigenvalue weighted by Gasteiger charge is 2.23. The van der Waals surface area contributed by atoms with E-state index in [1.165, 1.54) is 18.5 Å². The van der Waals surface area contributed by atoms with Crippen molar-refractivity contribution >= 4 is 11.6 Å². The topological polar surface area (TPSA) is 62.5 Å². The summed E-state index contributed by atoms with van der Waals surface area (Å²) in [7, 11) is 1.87. The highest BCUT2D eigenvalue weighted by atomic mass is 16.2. The minimum Gasteiger partial charge on any atom is -0.371 e. The first-order valence-electron chi connectivity index (χ1n) is 8.64. The summed E-state index contributed by atoms with van der Waals surface area (Å²) < 4.78 is 0. The number of piperidine rings is 1. The minimum absolute atomic E-state index is 0.0641. The van der Waals surface area contributed by atoms with Gasteiger partial charge in [0.05, 0.1) is 6.04 Å². The molecule has 2 heterocycles. The Balaban J connectivity index is 1.73. The molecule has 1 amide bonds. The molecule has 0 radical (unpaired) electrons. The minimum atomic E-state index is -0.381. The fraction of sp³-hybridized carbons (Fsp3) is 0.667. The van der Waals surface area contributed by atoms with Crippen LogP contribution in [-0.4, -0.2) is 48.5 Å². The van der Waals surface area contributed by atoms with Gasteiger partial charge in [0, 0.05) is 44.8 Å². The summed E-state index contributed by atoms with van der Waals surface area (Å²) in [6.07, 6.45) is 7.12. The summed E-state index contributed by atoms with van der Waals surface area (Å²) in [5.74, 6) is 0.946. The van der Waals surface area contributed by atoms with Crippen molar-refractivity contribution in [2.75, 3.05) is 31.6 Å². The molecule has 1 aromatic heterocycles. The number of pyridine rings is 1. The van der Waals surface area contributed by atoms with Crippen LogP contribution >= 0.6 is 0 Å². The maximum atomic E-state index is 12.2. The highest BCUT2D eigenvalue weighted by Crippen LogP contribution is 2.24. The van der Waals surface area contributed by atoms with Crippen LogP contribution in [0.2, 0.25) is 0 Å². The van der Waals surface area contributed by atoms with Crippen molar-refractivity contribution in [2.24, 2.45) is 17.6 Å². The van der Waals surface area contributed by atoms with Crippen molar-refractivity contribution in [2.45, 2.75) is 39.2 Å². The summed E-state index contributed by atoms with van der Waals surface area (Å²) in [5, 5.41) is 0. The number of hydrogen-bond acceptors (Lipinski definition) is 4. The van der Waals surface area contributed by atoms with Gasteiger partial charge in [-0.1, -0.05) is 13.8 Å². The third kappa shape index (κ3) is 4.93. The van der Waals surface area contributed by atoms with Crippen molar-refractivity contribution < 1.29 is 4.79 Å². The third-order valence-electron chi connectivity index (χ3n) is 4.89. The van der Waals surface area contributed by atoms with Crippen LogP contribution in [-0.2, 0) is 4.79 Å².